The van der Waals surface area contributed by atoms with Crippen LogP contribution in [0.25, 0.3) is 11.0 Å². The molecule has 1 aromatic heterocycles. The molecular weight excluding hydrogens is 308 g/mol. The van der Waals surface area contributed by atoms with Gasteiger partial charge in [-0.05, 0) is 24.3 Å². The molecule has 0 saturated carbocycles. The van der Waals surface area contributed by atoms with Crippen LogP contribution < -0.4 is 5.63 Å². The zero-order chi connectivity index (χ0) is 15.2. The van der Waals surface area contributed by atoms with Crippen molar-refractivity contribution in [3.63, 3.8) is 0 Å². The van der Waals surface area contributed by atoms with Gasteiger partial charge in [-0.1, -0.05) is 48.0 Å². The first-order chi connectivity index (χ1) is 10.1. The third-order valence-corrected chi connectivity index (χ3v) is 3.81. The molecule has 0 bridgehead atoms. The highest BCUT2D eigenvalue weighted by atomic mass is 35.5. The number of hydrogen-bond donors (Lipinski definition) is 0. The van der Waals surface area contributed by atoms with Crippen LogP contribution in [-0.4, -0.2) is 10.5 Å². The molecule has 0 fully saturated rings. The minimum Gasteiger partial charge on any atom is -0.422 e. The Kier molecular flexibility index (Phi) is 5.31. The van der Waals surface area contributed by atoms with Crippen LogP contribution in [0.15, 0.2) is 74.8 Å². The molecule has 0 saturated heterocycles. The normalized spacial score (nSPS) is 11.5. The summed E-state index contributed by atoms with van der Waals surface area (Å²) in [4.78, 5) is 11.5. The summed E-state index contributed by atoms with van der Waals surface area (Å²) in [7, 11) is -1.30. The molecule has 1 atom stereocenters. The van der Waals surface area contributed by atoms with Crippen molar-refractivity contribution < 1.29 is 8.63 Å². The van der Waals surface area contributed by atoms with Gasteiger partial charge in [0.15, 0.2) is 0 Å². The van der Waals surface area contributed by atoms with Gasteiger partial charge < -0.3 is 4.42 Å². The quantitative estimate of drug-likeness (QED) is 0.639. The van der Waals surface area contributed by atoms with Crippen molar-refractivity contribution in [2.24, 2.45) is 0 Å². The van der Waals surface area contributed by atoms with Crippen LogP contribution in [0, 0.1) is 0 Å². The Hall–Kier alpha value is -1.91. The van der Waals surface area contributed by atoms with Gasteiger partial charge in [0.2, 0.25) is 0 Å². The predicted octanol–water partition coefficient (Wildman–Crippen LogP) is 3.87. The summed E-state index contributed by atoms with van der Waals surface area (Å²) >= 11 is 5.54. The lowest BCUT2D eigenvalue weighted by atomic mass is 10.2. The molecule has 0 N–H and O–H groups in total. The van der Waals surface area contributed by atoms with Crippen LogP contribution in [-0.2, 0) is 10.8 Å². The van der Waals surface area contributed by atoms with Gasteiger partial charge in [0.05, 0.1) is 10.8 Å². The van der Waals surface area contributed by atoms with Crippen LogP contribution in [0.3, 0.4) is 0 Å². The minimum atomic E-state index is -1.30. The van der Waals surface area contributed by atoms with Gasteiger partial charge in [-0.3, -0.25) is 4.21 Å². The maximum Gasteiger partial charge on any atom is 0.352 e. The zero-order valence-corrected chi connectivity index (χ0v) is 12.9. The number of para-hydroxylation sites is 1. The Morgan fingerprint density at radius 3 is 2.19 bits per heavy atom. The molecule has 2 aromatic carbocycles. The average molecular weight is 321 g/mol. The van der Waals surface area contributed by atoms with Crippen molar-refractivity contribution in [3.05, 3.63) is 76.1 Å². The third kappa shape index (κ3) is 4.28. The van der Waals surface area contributed by atoms with E-state index in [2.05, 4.69) is 0 Å². The van der Waals surface area contributed by atoms with E-state index in [0.29, 0.717) is 5.58 Å². The van der Waals surface area contributed by atoms with Crippen molar-refractivity contribution in [2.75, 3.05) is 6.26 Å². The number of rotatable bonds is 1. The molecule has 3 rings (SSSR count). The lowest BCUT2D eigenvalue weighted by Gasteiger charge is -1.97. The Morgan fingerprint density at radius 1 is 1.00 bits per heavy atom. The van der Waals surface area contributed by atoms with Crippen molar-refractivity contribution in [3.8, 4) is 0 Å². The first-order valence-electron chi connectivity index (χ1n) is 6.15. The number of halogens is 1. The van der Waals surface area contributed by atoms with Crippen LogP contribution in [0.5, 0.6) is 0 Å². The lowest BCUT2D eigenvalue weighted by Crippen LogP contribution is -2.07. The highest BCUT2D eigenvalue weighted by Gasteiger charge is 2.07. The topological polar surface area (TPSA) is 47.3 Å². The number of hydrogen-bond acceptors (Lipinski definition) is 3. The van der Waals surface area contributed by atoms with E-state index in [1.807, 2.05) is 42.5 Å². The van der Waals surface area contributed by atoms with E-state index < -0.39 is 16.4 Å². The van der Waals surface area contributed by atoms with Gasteiger partial charge in [0, 0.05) is 16.7 Å². The second-order valence-electron chi connectivity index (χ2n) is 4.19. The summed E-state index contributed by atoms with van der Waals surface area (Å²) in [6, 6.07) is 18.2. The van der Waals surface area contributed by atoms with Gasteiger partial charge in [-0.2, -0.15) is 0 Å². The van der Waals surface area contributed by atoms with Crippen molar-refractivity contribution in [2.45, 2.75) is 4.90 Å². The van der Waals surface area contributed by atoms with Crippen molar-refractivity contribution >= 4 is 33.4 Å². The maximum absolute atomic E-state index is 11.3. The minimum absolute atomic E-state index is 0.212. The largest absolute Gasteiger partial charge is 0.422 e. The SMILES string of the molecule is CS(=O)c1cc2ccccc2oc1=O.Clc1ccccc1. The molecule has 3 nitrogen and oxygen atoms in total. The molecule has 21 heavy (non-hydrogen) atoms. The summed E-state index contributed by atoms with van der Waals surface area (Å²) in [5.41, 5.74) is -0.00349. The van der Waals surface area contributed by atoms with Gasteiger partial charge in [-0.15, -0.1) is 0 Å². The first kappa shape index (κ1) is 15.5. The third-order valence-electron chi connectivity index (χ3n) is 2.65. The summed E-state index contributed by atoms with van der Waals surface area (Å²) < 4.78 is 16.2. The van der Waals surface area contributed by atoms with E-state index in [1.54, 1.807) is 18.2 Å². The van der Waals surface area contributed by atoms with E-state index in [0.717, 1.165) is 10.4 Å². The van der Waals surface area contributed by atoms with Gasteiger partial charge in [0.25, 0.3) is 0 Å². The smallest absolute Gasteiger partial charge is 0.352 e. The molecule has 0 amide bonds. The first-order valence-corrected chi connectivity index (χ1v) is 8.08. The number of fused-ring (bicyclic) bond motifs is 1. The van der Waals surface area contributed by atoms with Crippen LogP contribution in [0.1, 0.15) is 0 Å². The van der Waals surface area contributed by atoms with Crippen molar-refractivity contribution in [1.82, 2.24) is 0 Å². The standard InChI is InChI=1S/C10H8O3S.C6H5Cl/c1-14(12)9-6-7-4-2-3-5-8(7)13-10(9)11;7-6-4-2-1-3-5-6/h2-6H,1H3;1-5H. The molecule has 0 radical (unpaired) electrons. The van der Waals surface area contributed by atoms with E-state index >= 15 is 0 Å². The van der Waals surface area contributed by atoms with Crippen molar-refractivity contribution in [1.29, 1.82) is 0 Å². The van der Waals surface area contributed by atoms with Crippen LogP contribution in [0.2, 0.25) is 5.02 Å². The predicted molar refractivity (Wildman–Crippen MR) is 86.3 cm³/mol. The summed E-state index contributed by atoms with van der Waals surface area (Å²) in [6.07, 6.45) is 1.46. The van der Waals surface area contributed by atoms with Gasteiger partial charge in [0.1, 0.15) is 10.5 Å². The molecule has 0 aliphatic heterocycles. The summed E-state index contributed by atoms with van der Waals surface area (Å²) in [5.74, 6) is 0. The Labute approximate surface area is 129 Å². The molecule has 0 spiro atoms. The molecular formula is C16H13ClO3S. The second-order valence-corrected chi connectivity index (χ2v) is 5.97. The highest BCUT2D eigenvalue weighted by molar-refractivity contribution is 7.84. The molecule has 5 heteroatoms. The summed E-state index contributed by atoms with van der Waals surface area (Å²) in [6.45, 7) is 0. The number of benzene rings is 2. The van der Waals surface area contributed by atoms with E-state index in [-0.39, 0.29) is 4.90 Å². The monoisotopic (exact) mass is 320 g/mol. The van der Waals surface area contributed by atoms with Gasteiger partial charge >= 0.3 is 5.63 Å². The zero-order valence-electron chi connectivity index (χ0n) is 11.3. The molecule has 108 valence electrons. The van der Waals surface area contributed by atoms with E-state index in [9.17, 15) is 9.00 Å². The molecule has 3 aromatic rings. The maximum atomic E-state index is 11.3. The fourth-order valence-corrected chi connectivity index (χ4v) is 2.37. The summed E-state index contributed by atoms with van der Waals surface area (Å²) in [5, 5.41) is 1.58. The van der Waals surface area contributed by atoms with E-state index in [4.69, 9.17) is 16.0 Å². The van der Waals surface area contributed by atoms with E-state index in [1.165, 1.54) is 6.26 Å². The van der Waals surface area contributed by atoms with Gasteiger partial charge in [-0.25, -0.2) is 4.79 Å². The van der Waals surface area contributed by atoms with Crippen LogP contribution in [0.4, 0.5) is 0 Å². The Bertz CT molecular complexity index is 812. The average Bonchev–Trinajstić information content (AvgIpc) is 2.47. The molecule has 0 aliphatic carbocycles. The lowest BCUT2D eigenvalue weighted by molar-refractivity contribution is 0.541. The fraction of sp³-hybridized carbons (Fsp3) is 0.0625. The molecule has 0 aliphatic rings. The fourth-order valence-electron chi connectivity index (χ4n) is 1.66. The Balaban J connectivity index is 0.000000194. The van der Waals surface area contributed by atoms with Crippen LogP contribution >= 0.6 is 11.6 Å². The second kappa shape index (κ2) is 7.20. The highest BCUT2D eigenvalue weighted by Crippen LogP contribution is 2.13. The molecule has 1 unspecified atom stereocenters. The Morgan fingerprint density at radius 2 is 1.62 bits per heavy atom. The molecule has 1 heterocycles.